The van der Waals surface area contributed by atoms with Crippen molar-refractivity contribution in [2.45, 2.75) is 18.7 Å². The molecule has 3 heterocycles. The maximum atomic E-state index is 12.8. The lowest BCUT2D eigenvalue weighted by Gasteiger charge is -2.38. The van der Waals surface area contributed by atoms with Crippen LogP contribution in [0.15, 0.2) is 25.0 Å². The largest absolute Gasteiger partial charge is 0.433 e. The van der Waals surface area contributed by atoms with Crippen molar-refractivity contribution in [1.29, 1.82) is 0 Å². The van der Waals surface area contributed by atoms with Crippen LogP contribution in [0, 0.1) is 5.92 Å². The number of nitrogens with zero attached hydrogens (tertiary/aromatic N) is 4. The Morgan fingerprint density at radius 1 is 1.29 bits per heavy atom. The Kier molecular flexibility index (Phi) is 5.05. The maximum absolute atomic E-state index is 12.8. The molecule has 8 heteroatoms. The Bertz CT molecular complexity index is 581. The van der Waals surface area contributed by atoms with Crippen LogP contribution in [0.25, 0.3) is 0 Å². The lowest BCUT2D eigenvalue weighted by atomic mass is 9.93. The Hall–Kier alpha value is -1.67. The summed E-state index contributed by atoms with van der Waals surface area (Å²) < 4.78 is 44.4. The summed E-state index contributed by atoms with van der Waals surface area (Å²) in [4.78, 5) is 11.5. The van der Waals surface area contributed by atoms with Crippen molar-refractivity contribution >= 4 is 5.82 Å². The van der Waals surface area contributed by atoms with Crippen molar-refractivity contribution in [1.82, 2.24) is 14.9 Å². The number of rotatable bonds is 3. The molecule has 0 aromatic carbocycles. The van der Waals surface area contributed by atoms with Crippen LogP contribution < -0.4 is 4.90 Å². The van der Waals surface area contributed by atoms with Gasteiger partial charge in [-0.2, -0.15) is 13.2 Å². The van der Waals surface area contributed by atoms with Gasteiger partial charge in [0.05, 0.1) is 12.7 Å². The average molecular weight is 342 g/mol. The van der Waals surface area contributed by atoms with Gasteiger partial charge in [0.25, 0.3) is 0 Å². The lowest BCUT2D eigenvalue weighted by molar-refractivity contribution is -0.141. The fraction of sp³-hybridized carbons (Fsp3) is 0.625. The van der Waals surface area contributed by atoms with Crippen molar-refractivity contribution in [3.63, 3.8) is 0 Å². The monoisotopic (exact) mass is 342 g/mol. The molecule has 0 spiro atoms. The van der Waals surface area contributed by atoms with E-state index in [-0.39, 0.29) is 6.10 Å². The molecule has 2 saturated heterocycles. The van der Waals surface area contributed by atoms with Gasteiger partial charge < -0.3 is 9.64 Å². The summed E-state index contributed by atoms with van der Waals surface area (Å²) in [6.45, 7) is 8.24. The number of hydrogen-bond acceptors (Lipinski definition) is 5. The highest BCUT2D eigenvalue weighted by Crippen LogP contribution is 2.31. The van der Waals surface area contributed by atoms with Gasteiger partial charge in [0.15, 0.2) is 0 Å². The highest BCUT2D eigenvalue weighted by atomic mass is 19.4. The molecule has 2 atom stereocenters. The fourth-order valence-electron chi connectivity index (χ4n) is 3.35. The molecule has 0 bridgehead atoms. The number of aromatic nitrogens is 2. The van der Waals surface area contributed by atoms with E-state index < -0.39 is 11.9 Å². The van der Waals surface area contributed by atoms with E-state index in [0.29, 0.717) is 31.4 Å². The van der Waals surface area contributed by atoms with Crippen LogP contribution in [0.5, 0.6) is 0 Å². The van der Waals surface area contributed by atoms with Gasteiger partial charge in [-0.1, -0.05) is 6.08 Å². The van der Waals surface area contributed by atoms with Gasteiger partial charge in [0.2, 0.25) is 0 Å². The molecule has 1 aromatic rings. The average Bonchev–Trinajstić information content (AvgIpc) is 2.75. The third-order valence-electron chi connectivity index (χ3n) is 4.58. The zero-order valence-electron chi connectivity index (χ0n) is 13.4. The van der Waals surface area contributed by atoms with Crippen molar-refractivity contribution < 1.29 is 17.9 Å². The van der Waals surface area contributed by atoms with Gasteiger partial charge in [-0.3, -0.25) is 4.90 Å². The Morgan fingerprint density at radius 2 is 2.12 bits per heavy atom. The lowest BCUT2D eigenvalue weighted by Crippen LogP contribution is -2.47. The number of ether oxygens (including phenoxy) is 1. The first kappa shape index (κ1) is 17.2. The normalized spacial score (nSPS) is 25.9. The van der Waals surface area contributed by atoms with Crippen molar-refractivity contribution in [2.75, 3.05) is 44.2 Å². The molecule has 2 fully saturated rings. The molecule has 0 saturated carbocycles. The molecular weight excluding hydrogens is 321 g/mol. The molecule has 5 nitrogen and oxygen atoms in total. The highest BCUT2D eigenvalue weighted by Gasteiger charge is 2.36. The zero-order chi connectivity index (χ0) is 17.2. The van der Waals surface area contributed by atoms with E-state index in [2.05, 4.69) is 21.4 Å². The quantitative estimate of drug-likeness (QED) is 0.788. The molecule has 0 N–H and O–H groups in total. The molecule has 3 rings (SSSR count). The Morgan fingerprint density at radius 3 is 2.88 bits per heavy atom. The highest BCUT2D eigenvalue weighted by molar-refractivity contribution is 5.40. The second-order valence-corrected chi connectivity index (χ2v) is 6.21. The summed E-state index contributed by atoms with van der Waals surface area (Å²) in [6, 6.07) is 1.01. The zero-order valence-corrected chi connectivity index (χ0v) is 13.4. The first-order valence-electron chi connectivity index (χ1n) is 8.06. The summed E-state index contributed by atoms with van der Waals surface area (Å²) >= 11 is 0. The minimum Gasteiger partial charge on any atom is -0.375 e. The molecule has 0 amide bonds. The smallest absolute Gasteiger partial charge is 0.375 e. The van der Waals surface area contributed by atoms with E-state index in [1.54, 1.807) is 0 Å². The van der Waals surface area contributed by atoms with E-state index in [4.69, 9.17) is 4.74 Å². The summed E-state index contributed by atoms with van der Waals surface area (Å²) in [5, 5.41) is 0. The van der Waals surface area contributed by atoms with Crippen LogP contribution in [-0.4, -0.2) is 60.3 Å². The molecule has 24 heavy (non-hydrogen) atoms. The first-order chi connectivity index (χ1) is 11.5. The predicted octanol–water partition coefficient (Wildman–Crippen LogP) is 2.21. The van der Waals surface area contributed by atoms with E-state index in [0.717, 1.165) is 38.4 Å². The summed E-state index contributed by atoms with van der Waals surface area (Å²) in [7, 11) is 0. The van der Waals surface area contributed by atoms with Crippen molar-refractivity contribution in [3.05, 3.63) is 30.7 Å². The van der Waals surface area contributed by atoms with E-state index >= 15 is 0 Å². The maximum Gasteiger partial charge on any atom is 0.433 e. The summed E-state index contributed by atoms with van der Waals surface area (Å²) in [5.41, 5.74) is -0.909. The second-order valence-electron chi connectivity index (χ2n) is 6.21. The first-order valence-corrected chi connectivity index (χ1v) is 8.06. The summed E-state index contributed by atoms with van der Waals surface area (Å²) in [6.07, 6.45) is -0.722. The SMILES string of the molecule is C=CCN1CCO[C@H]2CN(c3cc(C(F)(F)F)ncn3)CC[C@H]2C1. The van der Waals surface area contributed by atoms with Gasteiger partial charge >= 0.3 is 6.18 Å². The number of anilines is 1. The van der Waals surface area contributed by atoms with Gasteiger partial charge in [-0.05, 0) is 6.42 Å². The molecule has 2 aliphatic heterocycles. The number of hydrogen-bond donors (Lipinski definition) is 0. The third-order valence-corrected chi connectivity index (χ3v) is 4.58. The molecule has 2 aliphatic rings. The molecule has 1 aromatic heterocycles. The van der Waals surface area contributed by atoms with E-state index in [9.17, 15) is 13.2 Å². The van der Waals surface area contributed by atoms with Crippen LogP contribution in [0.2, 0.25) is 0 Å². The molecule has 0 unspecified atom stereocenters. The van der Waals surface area contributed by atoms with Gasteiger partial charge in [0, 0.05) is 44.7 Å². The van der Waals surface area contributed by atoms with Crippen LogP contribution in [-0.2, 0) is 10.9 Å². The Balaban J connectivity index is 1.70. The minimum atomic E-state index is -4.46. The second kappa shape index (κ2) is 7.06. The number of fused-ring (bicyclic) bond motifs is 1. The van der Waals surface area contributed by atoms with Crippen LogP contribution in [0.4, 0.5) is 19.0 Å². The topological polar surface area (TPSA) is 41.5 Å². The molecule has 0 radical (unpaired) electrons. The van der Waals surface area contributed by atoms with Crippen molar-refractivity contribution in [3.8, 4) is 0 Å². The Labute approximate surface area is 139 Å². The van der Waals surface area contributed by atoms with Gasteiger partial charge in [0.1, 0.15) is 17.8 Å². The minimum absolute atomic E-state index is 0.0119. The van der Waals surface area contributed by atoms with Gasteiger partial charge in [-0.25, -0.2) is 9.97 Å². The van der Waals surface area contributed by atoms with Crippen LogP contribution in [0.3, 0.4) is 0 Å². The molecule has 0 aliphatic carbocycles. The third kappa shape index (κ3) is 3.87. The molecule has 132 valence electrons. The van der Waals surface area contributed by atoms with Gasteiger partial charge in [-0.15, -0.1) is 6.58 Å². The van der Waals surface area contributed by atoms with Crippen LogP contribution >= 0.6 is 0 Å². The number of alkyl halides is 3. The summed E-state index contributed by atoms with van der Waals surface area (Å²) in [5.74, 6) is 0.694. The number of piperidine rings is 1. The van der Waals surface area contributed by atoms with Crippen molar-refractivity contribution in [2.24, 2.45) is 5.92 Å². The van der Waals surface area contributed by atoms with E-state index in [1.807, 2.05) is 11.0 Å². The standard InChI is InChI=1S/C16H21F3N4O/c1-2-4-22-6-7-24-13-10-23(5-3-12(13)9-22)15-8-14(16(17,18)19)20-11-21-15/h2,8,11-13H,1,3-7,9-10H2/t12-,13-/m0/s1. The van der Waals surface area contributed by atoms with E-state index in [1.165, 1.54) is 0 Å². The molecular formula is C16H21F3N4O. The fourth-order valence-corrected chi connectivity index (χ4v) is 3.35. The van der Waals surface area contributed by atoms with Crippen LogP contribution in [0.1, 0.15) is 12.1 Å². The predicted molar refractivity (Wildman–Crippen MR) is 83.7 cm³/mol. The number of halogens is 3.